The minimum atomic E-state index is -4.49. The van der Waals surface area contributed by atoms with Crippen LogP contribution in [-0.4, -0.2) is 25.5 Å². The maximum Gasteiger partial charge on any atom is 1.00 e. The Labute approximate surface area is 256 Å². The molecule has 4 aromatic carbocycles. The molecule has 0 aliphatic rings. The Morgan fingerprint density at radius 2 is 1.79 bits per heavy atom. The normalized spacial score (nSPS) is 11.4. The SMILES string of the molecule is CCOc1cc(Cl)ccc1NC(=O)c1cc2ccccc2c(N=Nc2ccc(S(=O)(=O)O)c(C)c2Cl)c1[O-].[Na+]. The van der Waals surface area contributed by atoms with Gasteiger partial charge in [-0.15, -0.1) is 5.11 Å². The van der Waals surface area contributed by atoms with Crippen molar-refractivity contribution in [2.75, 3.05) is 11.9 Å². The average Bonchev–Trinajstić information content (AvgIpc) is 2.86. The molecule has 13 heteroatoms. The molecule has 9 nitrogen and oxygen atoms in total. The Morgan fingerprint density at radius 3 is 2.49 bits per heavy atom. The van der Waals surface area contributed by atoms with Gasteiger partial charge in [0.2, 0.25) is 0 Å². The molecule has 39 heavy (non-hydrogen) atoms. The van der Waals surface area contributed by atoms with Crippen LogP contribution in [0.3, 0.4) is 0 Å². The summed E-state index contributed by atoms with van der Waals surface area (Å²) < 4.78 is 38.0. The molecule has 4 aromatic rings. The summed E-state index contributed by atoms with van der Waals surface area (Å²) in [4.78, 5) is 12.8. The second-order valence-corrected chi connectivity index (χ2v) is 10.3. The fourth-order valence-electron chi connectivity index (χ4n) is 3.76. The van der Waals surface area contributed by atoms with Crippen LogP contribution in [0.25, 0.3) is 10.8 Å². The van der Waals surface area contributed by atoms with Gasteiger partial charge in [0, 0.05) is 22.0 Å². The van der Waals surface area contributed by atoms with Gasteiger partial charge in [-0.3, -0.25) is 9.35 Å². The van der Waals surface area contributed by atoms with Gasteiger partial charge in [-0.25, -0.2) is 0 Å². The predicted molar refractivity (Wildman–Crippen MR) is 144 cm³/mol. The largest absolute Gasteiger partial charge is 1.00 e. The van der Waals surface area contributed by atoms with Crippen LogP contribution in [0.4, 0.5) is 17.1 Å². The summed E-state index contributed by atoms with van der Waals surface area (Å²) >= 11 is 12.3. The molecule has 0 radical (unpaired) electrons. The molecule has 1 amide bonds. The van der Waals surface area contributed by atoms with Gasteiger partial charge < -0.3 is 15.2 Å². The third kappa shape index (κ3) is 6.72. The Hall–Kier alpha value is -2.70. The summed E-state index contributed by atoms with van der Waals surface area (Å²) in [5, 5.41) is 25.6. The Morgan fingerprint density at radius 1 is 1.08 bits per heavy atom. The second kappa shape index (κ2) is 12.6. The second-order valence-electron chi connectivity index (χ2n) is 8.05. The van der Waals surface area contributed by atoms with Crippen molar-refractivity contribution in [1.29, 1.82) is 0 Å². The van der Waals surface area contributed by atoms with Crippen LogP contribution in [0.5, 0.6) is 11.5 Å². The van der Waals surface area contributed by atoms with E-state index < -0.39 is 21.8 Å². The summed E-state index contributed by atoms with van der Waals surface area (Å²) in [5.74, 6) is -1.02. The predicted octanol–water partition coefficient (Wildman–Crippen LogP) is 3.85. The number of rotatable bonds is 7. The number of carbonyl (C=O) groups is 1. The van der Waals surface area contributed by atoms with E-state index >= 15 is 0 Å². The monoisotopic (exact) mass is 595 g/mol. The average molecular weight is 596 g/mol. The first-order valence-electron chi connectivity index (χ1n) is 11.2. The van der Waals surface area contributed by atoms with Gasteiger partial charge in [0.1, 0.15) is 11.4 Å². The summed E-state index contributed by atoms with van der Waals surface area (Å²) in [7, 11) is -4.49. The third-order valence-electron chi connectivity index (χ3n) is 5.56. The molecule has 0 aliphatic carbocycles. The zero-order valence-electron chi connectivity index (χ0n) is 21.0. The molecule has 0 aliphatic heterocycles. The number of fused-ring (bicyclic) bond motifs is 1. The summed E-state index contributed by atoms with van der Waals surface area (Å²) in [6.45, 7) is 3.52. The van der Waals surface area contributed by atoms with Gasteiger partial charge in [0.25, 0.3) is 16.0 Å². The van der Waals surface area contributed by atoms with E-state index in [4.69, 9.17) is 27.9 Å². The molecule has 0 heterocycles. The Kier molecular flexibility index (Phi) is 10.0. The van der Waals surface area contributed by atoms with Crippen molar-refractivity contribution in [2.24, 2.45) is 10.2 Å². The number of anilines is 1. The fraction of sp³-hybridized carbons (Fsp3) is 0.115. The molecule has 0 aromatic heterocycles. The maximum atomic E-state index is 13.4. The molecule has 2 N–H and O–H groups in total. The Balaban J connectivity index is 0.00000420. The van der Waals surface area contributed by atoms with Crippen LogP contribution in [-0.2, 0) is 10.1 Å². The van der Waals surface area contributed by atoms with Crippen molar-refractivity contribution in [2.45, 2.75) is 18.7 Å². The number of hydrogen-bond acceptors (Lipinski definition) is 7. The van der Waals surface area contributed by atoms with Crippen LogP contribution in [0.15, 0.2) is 75.8 Å². The van der Waals surface area contributed by atoms with E-state index in [1.807, 2.05) is 0 Å². The number of halogens is 2. The number of nitrogens with zero attached hydrogens (tertiary/aromatic N) is 2. The van der Waals surface area contributed by atoms with E-state index in [-0.39, 0.29) is 62.0 Å². The summed E-state index contributed by atoms with van der Waals surface area (Å²) in [5.41, 5.74) is 0.176. The first-order valence-corrected chi connectivity index (χ1v) is 13.4. The van der Waals surface area contributed by atoms with Crippen LogP contribution in [0.2, 0.25) is 10.0 Å². The molecule has 0 fully saturated rings. The summed E-state index contributed by atoms with van der Waals surface area (Å²) in [6, 6.07) is 15.4. The number of azo groups is 1. The van der Waals surface area contributed by atoms with E-state index in [9.17, 15) is 22.9 Å². The molecule has 0 bridgehead atoms. The van der Waals surface area contributed by atoms with Gasteiger partial charge in [-0.2, -0.15) is 13.5 Å². The number of amides is 1. The first-order chi connectivity index (χ1) is 18.0. The van der Waals surface area contributed by atoms with Crippen molar-refractivity contribution < 1.29 is 57.2 Å². The van der Waals surface area contributed by atoms with Crippen molar-refractivity contribution in [3.63, 3.8) is 0 Å². The molecule has 0 saturated heterocycles. The van der Waals surface area contributed by atoms with E-state index in [2.05, 4.69) is 15.5 Å². The van der Waals surface area contributed by atoms with Gasteiger partial charge >= 0.3 is 29.6 Å². The van der Waals surface area contributed by atoms with Gasteiger partial charge in [0.15, 0.2) is 0 Å². The summed E-state index contributed by atoms with van der Waals surface area (Å²) in [6.07, 6.45) is 0. The Bertz CT molecular complexity index is 1710. The molecule has 0 unspecified atom stereocenters. The van der Waals surface area contributed by atoms with Crippen molar-refractivity contribution in [3.8, 4) is 11.5 Å². The quantitative estimate of drug-likeness (QED) is 0.189. The maximum absolute atomic E-state index is 13.4. The standard InChI is InChI=1S/C26H21Cl2N3O6S.Na/c1-3-37-21-13-16(27)8-9-19(21)29-26(33)18-12-15-6-4-5-7-17(15)24(25(18)32)31-30-20-10-11-22(38(34,35)36)14(2)23(20)28;/h4-13,32H,3H2,1-2H3,(H,29,33)(H,34,35,36);/q;+1/p-1. The van der Waals surface area contributed by atoms with Crippen molar-refractivity contribution in [3.05, 3.63) is 81.8 Å². The number of carbonyl (C=O) groups excluding carboxylic acids is 1. The van der Waals surface area contributed by atoms with E-state index in [1.165, 1.54) is 19.1 Å². The van der Waals surface area contributed by atoms with E-state index in [1.54, 1.807) is 49.4 Å². The molecule has 0 saturated carbocycles. The fourth-order valence-corrected chi connectivity index (χ4v) is 4.90. The van der Waals surface area contributed by atoms with E-state index in [0.29, 0.717) is 33.8 Å². The molecule has 0 atom stereocenters. The molecular weight excluding hydrogens is 576 g/mol. The molecule has 0 spiro atoms. The van der Waals surface area contributed by atoms with Crippen LogP contribution in [0, 0.1) is 6.92 Å². The van der Waals surface area contributed by atoms with Crippen LogP contribution in [0.1, 0.15) is 22.8 Å². The van der Waals surface area contributed by atoms with Crippen LogP contribution >= 0.6 is 23.2 Å². The van der Waals surface area contributed by atoms with E-state index in [0.717, 1.165) is 6.07 Å². The van der Waals surface area contributed by atoms with Crippen molar-refractivity contribution in [1.82, 2.24) is 0 Å². The number of ether oxygens (including phenoxy) is 1. The van der Waals surface area contributed by atoms with Crippen LogP contribution < -0.4 is 44.7 Å². The van der Waals surface area contributed by atoms with Gasteiger partial charge in [-0.1, -0.05) is 53.2 Å². The molecular formula is C26H20Cl2N3NaO6S. The number of nitrogens with one attached hydrogen (secondary N) is 1. The number of hydrogen-bond donors (Lipinski definition) is 2. The first kappa shape index (κ1) is 30.8. The topological polar surface area (TPSA) is 140 Å². The molecule has 196 valence electrons. The smallest absolute Gasteiger partial charge is 0.870 e. The zero-order valence-corrected chi connectivity index (χ0v) is 25.4. The number of benzene rings is 4. The van der Waals surface area contributed by atoms with Crippen molar-refractivity contribution >= 4 is 67.1 Å². The third-order valence-corrected chi connectivity index (χ3v) is 7.27. The van der Waals surface area contributed by atoms with Gasteiger partial charge in [0.05, 0.1) is 27.9 Å². The minimum absolute atomic E-state index is 0. The minimum Gasteiger partial charge on any atom is -0.870 e. The zero-order chi connectivity index (χ0) is 27.6. The molecule has 4 rings (SSSR count). The van der Waals surface area contributed by atoms with Gasteiger partial charge in [-0.05, 0) is 55.1 Å².